The third-order valence-electron chi connectivity index (χ3n) is 1.89. The molecule has 1 aliphatic rings. The van der Waals surface area contributed by atoms with Crippen molar-refractivity contribution >= 4 is 5.90 Å². The van der Waals surface area contributed by atoms with Crippen LogP contribution in [0.5, 0.6) is 0 Å². The highest BCUT2D eigenvalue weighted by molar-refractivity contribution is 5.95. The zero-order valence-corrected chi connectivity index (χ0v) is 6.56. The summed E-state index contributed by atoms with van der Waals surface area (Å²) in [6.45, 7) is 0. The van der Waals surface area contributed by atoms with E-state index in [1.807, 2.05) is 0 Å². The van der Waals surface area contributed by atoms with E-state index >= 15 is 0 Å². The van der Waals surface area contributed by atoms with Gasteiger partial charge in [0.1, 0.15) is 0 Å². The number of hydrogen-bond donors (Lipinski definition) is 1. The molecule has 0 saturated heterocycles. The zero-order valence-electron chi connectivity index (χ0n) is 6.56. The van der Waals surface area contributed by atoms with Crippen molar-refractivity contribution in [2.24, 2.45) is 0 Å². The van der Waals surface area contributed by atoms with E-state index in [-0.39, 0.29) is 5.90 Å². The van der Waals surface area contributed by atoms with Crippen molar-refractivity contribution in [3.05, 3.63) is 45.5 Å². The SMILES string of the molecule is N=C1OC([N+](=O)[O-])c2ccccc21. The van der Waals surface area contributed by atoms with Crippen LogP contribution in [0.15, 0.2) is 24.3 Å². The van der Waals surface area contributed by atoms with E-state index in [4.69, 9.17) is 10.1 Å². The summed E-state index contributed by atoms with van der Waals surface area (Å²) in [6.07, 6.45) is -1.20. The van der Waals surface area contributed by atoms with Crippen molar-refractivity contribution in [2.45, 2.75) is 6.23 Å². The standard InChI is InChI=1S/C8H6N2O3/c9-7-5-3-1-2-4-6(5)8(13-7)10(11)12/h1-4,8-9H. The summed E-state index contributed by atoms with van der Waals surface area (Å²) in [5.41, 5.74) is 0.960. The van der Waals surface area contributed by atoms with Crippen LogP contribution in [0.25, 0.3) is 0 Å². The average molecular weight is 178 g/mol. The molecule has 0 aromatic heterocycles. The third-order valence-corrected chi connectivity index (χ3v) is 1.89. The molecule has 1 N–H and O–H groups in total. The Morgan fingerprint density at radius 3 is 2.85 bits per heavy atom. The van der Waals surface area contributed by atoms with Crippen molar-refractivity contribution in [3.63, 3.8) is 0 Å². The van der Waals surface area contributed by atoms with E-state index in [0.717, 1.165) is 0 Å². The van der Waals surface area contributed by atoms with Gasteiger partial charge in [-0.3, -0.25) is 15.5 Å². The molecule has 0 bridgehead atoms. The lowest BCUT2D eigenvalue weighted by Crippen LogP contribution is -2.09. The van der Waals surface area contributed by atoms with Gasteiger partial charge in [0.25, 0.3) is 0 Å². The fourth-order valence-electron chi connectivity index (χ4n) is 1.31. The maximum Gasteiger partial charge on any atom is 0.382 e. The van der Waals surface area contributed by atoms with Gasteiger partial charge in [-0.2, -0.15) is 0 Å². The summed E-state index contributed by atoms with van der Waals surface area (Å²) in [4.78, 5) is 9.95. The lowest BCUT2D eigenvalue weighted by molar-refractivity contribution is -0.571. The van der Waals surface area contributed by atoms with Gasteiger partial charge in [-0.05, 0) is 12.1 Å². The molecule has 5 heteroatoms. The average Bonchev–Trinajstić information content (AvgIpc) is 2.45. The highest BCUT2D eigenvalue weighted by Gasteiger charge is 2.36. The number of ether oxygens (including phenoxy) is 1. The second kappa shape index (κ2) is 2.55. The molecule has 1 aliphatic heterocycles. The van der Waals surface area contributed by atoms with Crippen LogP contribution in [0.2, 0.25) is 0 Å². The first-order valence-electron chi connectivity index (χ1n) is 3.68. The van der Waals surface area contributed by atoms with E-state index in [2.05, 4.69) is 0 Å². The normalized spacial score (nSPS) is 19.4. The Hall–Kier alpha value is -1.91. The Labute approximate surface area is 73.6 Å². The molecular weight excluding hydrogens is 172 g/mol. The minimum atomic E-state index is -1.20. The first kappa shape index (κ1) is 7.72. The second-order valence-corrected chi connectivity index (χ2v) is 2.67. The van der Waals surface area contributed by atoms with Crippen molar-refractivity contribution in [1.82, 2.24) is 0 Å². The van der Waals surface area contributed by atoms with E-state index in [0.29, 0.717) is 11.1 Å². The Morgan fingerprint density at radius 1 is 1.46 bits per heavy atom. The number of rotatable bonds is 1. The molecule has 1 heterocycles. The summed E-state index contributed by atoms with van der Waals surface area (Å²) in [6, 6.07) is 6.65. The van der Waals surface area contributed by atoms with Gasteiger partial charge >= 0.3 is 6.23 Å². The number of hydrogen-bond acceptors (Lipinski definition) is 4. The van der Waals surface area contributed by atoms with E-state index in [1.165, 1.54) is 0 Å². The Kier molecular flexibility index (Phi) is 1.51. The summed E-state index contributed by atoms with van der Waals surface area (Å²) >= 11 is 0. The molecule has 13 heavy (non-hydrogen) atoms. The predicted molar refractivity (Wildman–Crippen MR) is 44.1 cm³/mol. The topological polar surface area (TPSA) is 76.2 Å². The van der Waals surface area contributed by atoms with Crippen LogP contribution < -0.4 is 0 Å². The van der Waals surface area contributed by atoms with Crippen LogP contribution in [0.4, 0.5) is 0 Å². The highest BCUT2D eigenvalue weighted by atomic mass is 16.7. The molecule has 0 fully saturated rings. The molecule has 0 amide bonds. The van der Waals surface area contributed by atoms with Gasteiger partial charge in [-0.25, -0.2) is 0 Å². The maximum atomic E-state index is 10.5. The van der Waals surface area contributed by atoms with Gasteiger partial charge in [-0.15, -0.1) is 0 Å². The quantitative estimate of drug-likeness (QED) is 0.520. The molecule has 2 rings (SSSR count). The van der Waals surface area contributed by atoms with E-state index in [1.54, 1.807) is 24.3 Å². The first-order valence-corrected chi connectivity index (χ1v) is 3.68. The second-order valence-electron chi connectivity index (χ2n) is 2.67. The third kappa shape index (κ3) is 1.05. The van der Waals surface area contributed by atoms with Gasteiger partial charge in [0.15, 0.2) is 0 Å². The molecule has 0 saturated carbocycles. The zero-order chi connectivity index (χ0) is 9.42. The molecule has 0 aliphatic carbocycles. The number of nitrogens with zero attached hydrogens (tertiary/aromatic N) is 1. The number of fused-ring (bicyclic) bond motifs is 1. The van der Waals surface area contributed by atoms with E-state index < -0.39 is 11.2 Å². The van der Waals surface area contributed by atoms with E-state index in [9.17, 15) is 10.1 Å². The van der Waals surface area contributed by atoms with Crippen LogP contribution in [0, 0.1) is 15.5 Å². The summed E-state index contributed by atoms with van der Waals surface area (Å²) < 4.78 is 4.78. The number of benzene rings is 1. The highest BCUT2D eigenvalue weighted by Crippen LogP contribution is 2.30. The fraction of sp³-hybridized carbons (Fsp3) is 0.125. The molecule has 66 valence electrons. The monoisotopic (exact) mass is 178 g/mol. The minimum Gasteiger partial charge on any atom is -0.408 e. The smallest absolute Gasteiger partial charge is 0.382 e. The minimum absolute atomic E-state index is 0.127. The molecule has 5 nitrogen and oxygen atoms in total. The Morgan fingerprint density at radius 2 is 2.15 bits per heavy atom. The maximum absolute atomic E-state index is 10.5. The molecule has 1 atom stereocenters. The summed E-state index contributed by atoms with van der Waals surface area (Å²) in [5.74, 6) is -0.127. The lowest BCUT2D eigenvalue weighted by atomic mass is 10.1. The molecule has 0 spiro atoms. The molecule has 1 unspecified atom stereocenters. The molecule has 1 aromatic carbocycles. The molecule has 1 aromatic rings. The fourth-order valence-corrected chi connectivity index (χ4v) is 1.31. The van der Waals surface area contributed by atoms with Crippen LogP contribution in [0.1, 0.15) is 17.4 Å². The number of nitro groups is 1. The van der Waals surface area contributed by atoms with Gasteiger partial charge in [0.2, 0.25) is 5.90 Å². The van der Waals surface area contributed by atoms with Gasteiger partial charge in [-0.1, -0.05) is 12.1 Å². The van der Waals surface area contributed by atoms with Crippen molar-refractivity contribution in [3.8, 4) is 0 Å². The lowest BCUT2D eigenvalue weighted by Gasteiger charge is -2.00. The molecular formula is C8H6N2O3. The largest absolute Gasteiger partial charge is 0.408 e. The van der Waals surface area contributed by atoms with Crippen LogP contribution >= 0.6 is 0 Å². The number of nitrogens with one attached hydrogen (secondary N) is 1. The Bertz CT molecular complexity index is 389. The van der Waals surface area contributed by atoms with Crippen LogP contribution in [-0.4, -0.2) is 10.8 Å². The summed E-state index contributed by atoms with van der Waals surface area (Å²) in [5, 5.41) is 17.8. The summed E-state index contributed by atoms with van der Waals surface area (Å²) in [7, 11) is 0. The van der Waals surface area contributed by atoms with Crippen LogP contribution in [0.3, 0.4) is 0 Å². The van der Waals surface area contributed by atoms with Gasteiger partial charge in [0, 0.05) is 0 Å². The van der Waals surface area contributed by atoms with Gasteiger partial charge in [0.05, 0.1) is 16.1 Å². The van der Waals surface area contributed by atoms with Gasteiger partial charge < -0.3 is 4.74 Å². The molecule has 0 radical (unpaired) electrons. The first-order chi connectivity index (χ1) is 6.20. The van der Waals surface area contributed by atoms with Crippen molar-refractivity contribution in [2.75, 3.05) is 0 Å². The predicted octanol–water partition coefficient (Wildman–Crippen LogP) is 1.32. The van der Waals surface area contributed by atoms with Crippen molar-refractivity contribution in [1.29, 1.82) is 5.41 Å². The Balaban J connectivity index is 2.53. The van der Waals surface area contributed by atoms with Crippen LogP contribution in [-0.2, 0) is 4.74 Å². The van der Waals surface area contributed by atoms with Crippen molar-refractivity contribution < 1.29 is 9.66 Å².